The van der Waals surface area contributed by atoms with E-state index in [-0.39, 0.29) is 35.9 Å². The van der Waals surface area contributed by atoms with E-state index in [1.165, 1.54) is 11.1 Å². The first-order chi connectivity index (χ1) is 15.1. The molecular weight excluding hydrogens is 513 g/mol. The highest BCUT2D eigenvalue weighted by Gasteiger charge is 2.29. The molecule has 0 bridgehead atoms. The lowest BCUT2D eigenvalue weighted by atomic mass is 10.1. The van der Waals surface area contributed by atoms with E-state index in [9.17, 15) is 4.79 Å². The summed E-state index contributed by atoms with van der Waals surface area (Å²) in [7, 11) is 5.96. The van der Waals surface area contributed by atoms with Crippen LogP contribution >= 0.6 is 24.0 Å². The zero-order chi connectivity index (χ0) is 22.1. The van der Waals surface area contributed by atoms with Gasteiger partial charge >= 0.3 is 0 Å². The molecule has 7 heteroatoms. The number of rotatable bonds is 9. The number of aliphatic imine (C=N–C) groups is 1. The normalized spacial score (nSPS) is 17.2. The topological polar surface area (TPSA) is 60.0 Å². The summed E-state index contributed by atoms with van der Waals surface area (Å²) in [5.74, 6) is 1.33. The van der Waals surface area contributed by atoms with Crippen molar-refractivity contribution in [2.75, 3.05) is 47.3 Å². The van der Waals surface area contributed by atoms with Gasteiger partial charge in [0, 0.05) is 45.6 Å². The molecule has 3 rings (SSSR count). The van der Waals surface area contributed by atoms with Gasteiger partial charge in [-0.3, -0.25) is 9.79 Å². The largest absolute Gasteiger partial charge is 0.356 e. The lowest BCUT2D eigenvalue weighted by Crippen LogP contribution is -2.43. The minimum Gasteiger partial charge on any atom is -0.356 e. The average molecular weight is 550 g/mol. The molecule has 0 saturated carbocycles. The third-order valence-corrected chi connectivity index (χ3v) is 5.86. The van der Waals surface area contributed by atoms with Gasteiger partial charge in [0.25, 0.3) is 0 Å². The Kier molecular flexibility index (Phi) is 11.0. The maximum absolute atomic E-state index is 12.4. The van der Waals surface area contributed by atoms with Gasteiger partial charge in [-0.25, -0.2) is 0 Å². The molecule has 2 atom stereocenters. The fourth-order valence-corrected chi connectivity index (χ4v) is 4.04. The van der Waals surface area contributed by atoms with Crippen LogP contribution in [0.25, 0.3) is 0 Å². The van der Waals surface area contributed by atoms with Gasteiger partial charge in [-0.1, -0.05) is 60.7 Å². The van der Waals surface area contributed by atoms with Gasteiger partial charge in [0.05, 0.1) is 6.04 Å². The number of hydrogen-bond acceptors (Lipinski definition) is 3. The van der Waals surface area contributed by atoms with Crippen molar-refractivity contribution in [2.45, 2.75) is 18.9 Å². The number of guanidine groups is 1. The summed E-state index contributed by atoms with van der Waals surface area (Å²) in [6.45, 7) is 3.09. The van der Waals surface area contributed by atoms with Gasteiger partial charge in [0.2, 0.25) is 5.91 Å². The third-order valence-electron chi connectivity index (χ3n) is 5.86. The molecule has 2 unspecified atom stereocenters. The summed E-state index contributed by atoms with van der Waals surface area (Å²) >= 11 is 0. The monoisotopic (exact) mass is 549 g/mol. The van der Waals surface area contributed by atoms with Gasteiger partial charge < -0.3 is 20.4 Å². The minimum absolute atomic E-state index is 0. The van der Waals surface area contributed by atoms with Crippen LogP contribution in [0.1, 0.15) is 23.6 Å². The van der Waals surface area contributed by atoms with E-state index in [0.717, 1.165) is 38.6 Å². The van der Waals surface area contributed by atoms with Crippen LogP contribution in [0.15, 0.2) is 65.7 Å². The number of likely N-dealkylation sites (N-methyl/N-ethyl adjacent to an activating group) is 1. The summed E-state index contributed by atoms with van der Waals surface area (Å²) in [5.41, 5.74) is 2.54. The Labute approximate surface area is 209 Å². The number of amides is 1. The Balaban J connectivity index is 0.00000363. The van der Waals surface area contributed by atoms with Crippen molar-refractivity contribution < 1.29 is 4.79 Å². The standard InChI is InChI=1S/C25H35N5O.HI/c1-26-25(28-18-23(29(2)3)22-12-8-5-9-13-22)27-17-21-16-24(31)30(19-21)15-14-20-10-6-4-7-11-20;/h4-13,21,23H,14-19H2,1-3H3,(H2,26,27,28);1H. The summed E-state index contributed by atoms with van der Waals surface area (Å²) < 4.78 is 0. The predicted octanol–water partition coefficient (Wildman–Crippen LogP) is 3.16. The van der Waals surface area contributed by atoms with Crippen molar-refractivity contribution >= 4 is 35.8 Å². The van der Waals surface area contributed by atoms with Crippen molar-refractivity contribution in [3.63, 3.8) is 0 Å². The first-order valence-corrected chi connectivity index (χ1v) is 11.0. The number of carbonyl (C=O) groups is 1. The molecule has 32 heavy (non-hydrogen) atoms. The zero-order valence-corrected chi connectivity index (χ0v) is 21.7. The second-order valence-electron chi connectivity index (χ2n) is 8.37. The van der Waals surface area contributed by atoms with Gasteiger partial charge in [-0.2, -0.15) is 0 Å². The van der Waals surface area contributed by atoms with Gasteiger partial charge in [0.1, 0.15) is 0 Å². The average Bonchev–Trinajstić information content (AvgIpc) is 3.15. The third kappa shape index (κ3) is 7.78. The number of nitrogens with zero attached hydrogens (tertiary/aromatic N) is 3. The minimum atomic E-state index is 0. The van der Waals surface area contributed by atoms with E-state index in [2.05, 4.69) is 71.0 Å². The molecule has 2 aromatic carbocycles. The smallest absolute Gasteiger partial charge is 0.223 e. The van der Waals surface area contributed by atoms with Crippen LogP contribution in [0.4, 0.5) is 0 Å². The van der Waals surface area contributed by atoms with Crippen molar-refractivity contribution in [1.29, 1.82) is 0 Å². The van der Waals surface area contributed by atoms with Gasteiger partial charge in [0.15, 0.2) is 5.96 Å². The highest BCUT2D eigenvalue weighted by molar-refractivity contribution is 14.0. The van der Waals surface area contributed by atoms with Gasteiger partial charge in [-0.05, 0) is 31.6 Å². The van der Waals surface area contributed by atoms with Crippen LogP contribution in [0, 0.1) is 5.92 Å². The molecular formula is C25H36IN5O. The number of hydrogen-bond donors (Lipinski definition) is 2. The van der Waals surface area contributed by atoms with Crippen LogP contribution in [0.2, 0.25) is 0 Å². The maximum Gasteiger partial charge on any atom is 0.223 e. The van der Waals surface area contributed by atoms with Crippen LogP contribution < -0.4 is 10.6 Å². The van der Waals surface area contributed by atoms with E-state index in [4.69, 9.17) is 0 Å². The Morgan fingerprint density at radius 2 is 1.75 bits per heavy atom. The second kappa shape index (κ2) is 13.4. The summed E-state index contributed by atoms with van der Waals surface area (Å²) in [5, 5.41) is 6.85. The predicted molar refractivity (Wildman–Crippen MR) is 142 cm³/mol. The summed E-state index contributed by atoms with van der Waals surface area (Å²) in [6.07, 6.45) is 1.50. The lowest BCUT2D eigenvalue weighted by Gasteiger charge is -2.26. The molecule has 1 saturated heterocycles. The first kappa shape index (κ1) is 26.1. The van der Waals surface area contributed by atoms with E-state index in [1.54, 1.807) is 7.05 Å². The fraction of sp³-hybridized carbons (Fsp3) is 0.440. The van der Waals surface area contributed by atoms with Gasteiger partial charge in [-0.15, -0.1) is 24.0 Å². The molecule has 6 nitrogen and oxygen atoms in total. The van der Waals surface area contributed by atoms with Crippen molar-refractivity contribution in [3.8, 4) is 0 Å². The maximum atomic E-state index is 12.4. The van der Waals surface area contributed by atoms with Crippen LogP contribution in [0.5, 0.6) is 0 Å². The second-order valence-corrected chi connectivity index (χ2v) is 8.37. The van der Waals surface area contributed by atoms with Crippen molar-refractivity contribution in [3.05, 3.63) is 71.8 Å². The Morgan fingerprint density at radius 3 is 2.38 bits per heavy atom. The molecule has 1 heterocycles. The Morgan fingerprint density at radius 1 is 1.09 bits per heavy atom. The number of likely N-dealkylation sites (tertiary alicyclic amines) is 1. The van der Waals surface area contributed by atoms with Crippen LogP contribution in [0.3, 0.4) is 0 Å². The molecule has 0 aromatic heterocycles. The fourth-order valence-electron chi connectivity index (χ4n) is 4.04. The van der Waals surface area contributed by atoms with E-state index < -0.39 is 0 Å². The molecule has 1 aliphatic rings. The molecule has 1 fully saturated rings. The molecule has 2 N–H and O–H groups in total. The van der Waals surface area contributed by atoms with Crippen LogP contribution in [-0.4, -0.2) is 69.0 Å². The molecule has 1 aliphatic heterocycles. The lowest BCUT2D eigenvalue weighted by molar-refractivity contribution is -0.127. The van der Waals surface area contributed by atoms with Crippen LogP contribution in [-0.2, 0) is 11.2 Å². The summed E-state index contributed by atoms with van der Waals surface area (Å²) in [6, 6.07) is 21.1. The Bertz CT molecular complexity index is 844. The quantitative estimate of drug-likeness (QED) is 0.287. The number of carbonyl (C=O) groups excluding carboxylic acids is 1. The van der Waals surface area contributed by atoms with Crippen molar-refractivity contribution in [2.24, 2.45) is 10.9 Å². The molecule has 0 aliphatic carbocycles. The number of halogens is 1. The van der Waals surface area contributed by atoms with E-state index in [0.29, 0.717) is 12.3 Å². The molecule has 0 spiro atoms. The highest BCUT2D eigenvalue weighted by atomic mass is 127. The highest BCUT2D eigenvalue weighted by Crippen LogP contribution is 2.18. The molecule has 1 amide bonds. The SMILES string of the molecule is CN=C(NCC1CC(=O)N(CCc2ccccc2)C1)NCC(c1ccccc1)N(C)C.I. The number of benzene rings is 2. The van der Waals surface area contributed by atoms with Crippen molar-refractivity contribution in [1.82, 2.24) is 20.4 Å². The Hall–Kier alpha value is -2.13. The van der Waals surface area contributed by atoms with E-state index in [1.807, 2.05) is 29.2 Å². The first-order valence-electron chi connectivity index (χ1n) is 11.0. The van der Waals surface area contributed by atoms with E-state index >= 15 is 0 Å². The number of nitrogens with one attached hydrogen (secondary N) is 2. The molecule has 174 valence electrons. The summed E-state index contributed by atoms with van der Waals surface area (Å²) in [4.78, 5) is 21.0. The zero-order valence-electron chi connectivity index (χ0n) is 19.3. The molecule has 2 aromatic rings. The molecule has 0 radical (unpaired) electrons.